The number of rotatable bonds is 1. The number of hydrogen-bond donors (Lipinski definition) is 2. The minimum atomic E-state index is -0.716. The SMILES string of the molecule is O=c1[nH]c(O)c(-c2c(Cl)ccc3ccccc23)o1. The highest BCUT2D eigenvalue weighted by molar-refractivity contribution is 6.35. The quantitative estimate of drug-likeness (QED) is 0.707. The molecule has 18 heavy (non-hydrogen) atoms. The van der Waals surface area contributed by atoms with Gasteiger partial charge >= 0.3 is 5.76 Å². The average Bonchev–Trinajstić information content (AvgIpc) is 2.68. The van der Waals surface area contributed by atoms with E-state index in [0.29, 0.717) is 10.6 Å². The van der Waals surface area contributed by atoms with Crippen LogP contribution in [0.2, 0.25) is 5.02 Å². The molecule has 1 aromatic heterocycles. The van der Waals surface area contributed by atoms with Crippen LogP contribution in [0, 0.1) is 0 Å². The first-order valence-corrected chi connectivity index (χ1v) is 5.64. The van der Waals surface area contributed by atoms with E-state index in [4.69, 9.17) is 16.0 Å². The van der Waals surface area contributed by atoms with E-state index >= 15 is 0 Å². The Balaban J connectivity index is 2.44. The molecule has 3 aromatic rings. The number of fused-ring (bicyclic) bond motifs is 1. The first-order valence-electron chi connectivity index (χ1n) is 5.26. The number of halogens is 1. The van der Waals surface area contributed by atoms with Gasteiger partial charge < -0.3 is 9.52 Å². The van der Waals surface area contributed by atoms with E-state index in [-0.39, 0.29) is 11.6 Å². The monoisotopic (exact) mass is 261 g/mol. The second kappa shape index (κ2) is 3.92. The largest absolute Gasteiger partial charge is 0.492 e. The fraction of sp³-hybridized carbons (Fsp3) is 0. The number of benzene rings is 2. The van der Waals surface area contributed by atoms with Gasteiger partial charge in [-0.05, 0) is 16.8 Å². The molecule has 0 fully saturated rings. The van der Waals surface area contributed by atoms with Gasteiger partial charge in [0.25, 0.3) is 0 Å². The maximum atomic E-state index is 11.1. The summed E-state index contributed by atoms with van der Waals surface area (Å²) in [5.41, 5.74) is 0.505. The highest BCUT2D eigenvalue weighted by Crippen LogP contribution is 2.38. The number of aromatic hydroxyl groups is 1. The Labute approximate surface area is 106 Å². The molecule has 1 heterocycles. The maximum absolute atomic E-state index is 11.1. The molecule has 0 aliphatic rings. The van der Waals surface area contributed by atoms with E-state index in [1.54, 1.807) is 6.07 Å². The summed E-state index contributed by atoms with van der Waals surface area (Å²) in [5.74, 6) is -0.980. The zero-order valence-electron chi connectivity index (χ0n) is 9.11. The highest BCUT2D eigenvalue weighted by atomic mass is 35.5. The van der Waals surface area contributed by atoms with Crippen LogP contribution in [-0.2, 0) is 0 Å². The predicted molar refractivity (Wildman–Crippen MR) is 68.9 cm³/mol. The summed E-state index contributed by atoms with van der Waals surface area (Å²) in [7, 11) is 0. The normalized spacial score (nSPS) is 10.9. The molecule has 0 bridgehead atoms. The van der Waals surface area contributed by atoms with Crippen LogP contribution in [0.3, 0.4) is 0 Å². The minimum absolute atomic E-state index is 0.0572. The van der Waals surface area contributed by atoms with Crippen molar-refractivity contribution in [2.24, 2.45) is 0 Å². The van der Waals surface area contributed by atoms with Crippen molar-refractivity contribution in [1.29, 1.82) is 0 Å². The summed E-state index contributed by atoms with van der Waals surface area (Å²) >= 11 is 6.13. The Morgan fingerprint density at radius 3 is 2.67 bits per heavy atom. The minimum Gasteiger partial charge on any atom is -0.492 e. The van der Waals surface area contributed by atoms with Crippen LogP contribution in [-0.4, -0.2) is 10.1 Å². The van der Waals surface area contributed by atoms with Gasteiger partial charge in [-0.2, -0.15) is 0 Å². The molecule has 2 N–H and O–H groups in total. The summed E-state index contributed by atoms with van der Waals surface area (Å²) < 4.78 is 4.94. The van der Waals surface area contributed by atoms with Crippen LogP contribution in [0.15, 0.2) is 45.6 Å². The van der Waals surface area contributed by atoms with E-state index in [1.165, 1.54) is 0 Å². The first kappa shape index (κ1) is 10.9. The standard InChI is InChI=1S/C13H8ClNO3/c14-9-6-5-7-3-1-2-4-8(7)10(9)11-12(16)15-13(17)18-11/h1-6,16H,(H,15,17). The second-order valence-electron chi connectivity index (χ2n) is 3.84. The molecule has 5 heteroatoms. The average molecular weight is 262 g/mol. The fourth-order valence-corrected chi connectivity index (χ4v) is 2.22. The molecule has 0 spiro atoms. The fourth-order valence-electron chi connectivity index (χ4n) is 1.97. The van der Waals surface area contributed by atoms with E-state index in [1.807, 2.05) is 30.3 Å². The molecule has 0 saturated carbocycles. The molecule has 0 atom stereocenters. The third kappa shape index (κ3) is 1.58. The van der Waals surface area contributed by atoms with Crippen LogP contribution in [0.1, 0.15) is 0 Å². The lowest BCUT2D eigenvalue weighted by Crippen LogP contribution is -1.93. The number of H-pyrrole nitrogens is 1. The maximum Gasteiger partial charge on any atom is 0.419 e. The van der Waals surface area contributed by atoms with Gasteiger partial charge in [-0.15, -0.1) is 0 Å². The van der Waals surface area contributed by atoms with Gasteiger partial charge in [0.1, 0.15) is 0 Å². The summed E-state index contributed by atoms with van der Waals surface area (Å²) in [5, 5.41) is 11.8. The zero-order chi connectivity index (χ0) is 12.7. The molecule has 2 aromatic carbocycles. The predicted octanol–water partition coefficient (Wildman–Crippen LogP) is 3.15. The van der Waals surface area contributed by atoms with E-state index in [2.05, 4.69) is 4.98 Å². The zero-order valence-corrected chi connectivity index (χ0v) is 9.86. The Hall–Kier alpha value is -2.20. The number of hydrogen-bond acceptors (Lipinski definition) is 3. The molecule has 0 radical (unpaired) electrons. The summed E-state index contributed by atoms with van der Waals surface area (Å²) in [6.45, 7) is 0. The summed E-state index contributed by atoms with van der Waals surface area (Å²) in [6, 6.07) is 11.1. The van der Waals surface area contributed by atoms with Gasteiger partial charge in [0.15, 0.2) is 0 Å². The van der Waals surface area contributed by atoms with E-state index < -0.39 is 5.76 Å². The van der Waals surface area contributed by atoms with E-state index in [9.17, 15) is 9.90 Å². The molecular formula is C13H8ClNO3. The smallest absolute Gasteiger partial charge is 0.419 e. The number of aromatic nitrogens is 1. The van der Waals surface area contributed by atoms with Crippen LogP contribution in [0.25, 0.3) is 22.1 Å². The topological polar surface area (TPSA) is 66.2 Å². The highest BCUT2D eigenvalue weighted by Gasteiger charge is 2.17. The molecule has 0 unspecified atom stereocenters. The Bertz CT molecular complexity index is 788. The van der Waals surface area contributed by atoms with Crippen LogP contribution >= 0.6 is 11.6 Å². The van der Waals surface area contributed by atoms with Crippen molar-refractivity contribution < 1.29 is 9.52 Å². The third-order valence-corrected chi connectivity index (χ3v) is 3.05. The molecule has 4 nitrogen and oxygen atoms in total. The van der Waals surface area contributed by atoms with Gasteiger partial charge in [0.2, 0.25) is 11.6 Å². The van der Waals surface area contributed by atoms with Gasteiger partial charge in [-0.25, -0.2) is 4.79 Å². The van der Waals surface area contributed by atoms with Crippen LogP contribution < -0.4 is 5.76 Å². The number of nitrogens with one attached hydrogen (secondary N) is 1. The lowest BCUT2D eigenvalue weighted by atomic mass is 10.0. The molecule has 0 aliphatic carbocycles. The Morgan fingerprint density at radius 2 is 1.94 bits per heavy atom. The van der Waals surface area contributed by atoms with Crippen molar-refractivity contribution in [2.45, 2.75) is 0 Å². The van der Waals surface area contributed by atoms with Gasteiger partial charge in [0, 0.05) is 5.56 Å². The Morgan fingerprint density at radius 1 is 1.17 bits per heavy atom. The molecule has 0 aliphatic heterocycles. The lowest BCUT2D eigenvalue weighted by molar-refractivity contribution is 0.453. The van der Waals surface area contributed by atoms with Crippen molar-refractivity contribution in [3.63, 3.8) is 0 Å². The second-order valence-corrected chi connectivity index (χ2v) is 4.24. The van der Waals surface area contributed by atoms with Crippen molar-refractivity contribution in [1.82, 2.24) is 4.98 Å². The summed E-state index contributed by atoms with van der Waals surface area (Å²) in [6.07, 6.45) is 0. The van der Waals surface area contributed by atoms with Crippen LogP contribution in [0.5, 0.6) is 5.88 Å². The van der Waals surface area contributed by atoms with Crippen LogP contribution in [0.4, 0.5) is 0 Å². The third-order valence-electron chi connectivity index (χ3n) is 2.74. The number of oxazole rings is 1. The Kier molecular flexibility index (Phi) is 2.38. The van der Waals surface area contributed by atoms with Crippen molar-refractivity contribution in [3.8, 4) is 17.2 Å². The summed E-state index contributed by atoms with van der Waals surface area (Å²) in [4.78, 5) is 13.3. The van der Waals surface area contributed by atoms with Crippen molar-refractivity contribution in [3.05, 3.63) is 52.0 Å². The number of aromatic amines is 1. The molecule has 0 amide bonds. The van der Waals surface area contributed by atoms with Gasteiger partial charge in [-0.3, -0.25) is 4.98 Å². The first-order chi connectivity index (χ1) is 8.66. The van der Waals surface area contributed by atoms with E-state index in [0.717, 1.165) is 10.8 Å². The molecule has 90 valence electrons. The molecular weight excluding hydrogens is 254 g/mol. The molecule has 0 saturated heterocycles. The molecule has 3 rings (SSSR count). The van der Waals surface area contributed by atoms with Gasteiger partial charge in [-0.1, -0.05) is 41.9 Å². The van der Waals surface area contributed by atoms with Crippen molar-refractivity contribution in [2.75, 3.05) is 0 Å². The van der Waals surface area contributed by atoms with Gasteiger partial charge in [0.05, 0.1) is 5.02 Å². The lowest BCUT2D eigenvalue weighted by Gasteiger charge is -2.06. The van der Waals surface area contributed by atoms with Crippen molar-refractivity contribution >= 4 is 22.4 Å².